The molecule has 0 fully saturated rings. The Morgan fingerprint density at radius 3 is 2.75 bits per heavy atom. The van der Waals surface area contributed by atoms with Crippen molar-refractivity contribution in [3.63, 3.8) is 0 Å². The molecule has 0 saturated carbocycles. The monoisotopic (exact) mass is 267 g/mol. The SMILES string of the molecule is C[C@H](NC(=O)c1ccc2c(c1)CNC2)c1ccncc1. The fourth-order valence-electron chi connectivity index (χ4n) is 2.45. The van der Waals surface area contributed by atoms with Gasteiger partial charge in [0.1, 0.15) is 0 Å². The van der Waals surface area contributed by atoms with Gasteiger partial charge in [-0.05, 0) is 47.9 Å². The fraction of sp³-hybridized carbons (Fsp3) is 0.250. The molecule has 4 nitrogen and oxygen atoms in total. The number of pyridine rings is 1. The summed E-state index contributed by atoms with van der Waals surface area (Å²) in [6.07, 6.45) is 3.47. The van der Waals surface area contributed by atoms with Crippen molar-refractivity contribution >= 4 is 5.91 Å². The summed E-state index contributed by atoms with van der Waals surface area (Å²) in [6.45, 7) is 3.71. The molecule has 0 bridgehead atoms. The third-order valence-electron chi connectivity index (χ3n) is 3.65. The van der Waals surface area contributed by atoms with Gasteiger partial charge in [-0.1, -0.05) is 6.07 Å². The molecule has 4 heteroatoms. The molecule has 1 aromatic heterocycles. The van der Waals surface area contributed by atoms with E-state index in [0.717, 1.165) is 18.7 Å². The number of fused-ring (bicyclic) bond motifs is 1. The molecule has 2 N–H and O–H groups in total. The number of carbonyl (C=O) groups is 1. The van der Waals surface area contributed by atoms with Crippen LogP contribution >= 0.6 is 0 Å². The lowest BCUT2D eigenvalue weighted by molar-refractivity contribution is 0.0940. The van der Waals surface area contributed by atoms with Crippen molar-refractivity contribution in [2.24, 2.45) is 0 Å². The lowest BCUT2D eigenvalue weighted by atomic mass is 10.0. The van der Waals surface area contributed by atoms with Gasteiger partial charge in [0.25, 0.3) is 5.91 Å². The third-order valence-corrected chi connectivity index (χ3v) is 3.65. The fourth-order valence-corrected chi connectivity index (χ4v) is 2.45. The van der Waals surface area contributed by atoms with E-state index in [1.165, 1.54) is 11.1 Å². The molecule has 0 aliphatic carbocycles. The average Bonchev–Trinajstić information content (AvgIpc) is 2.95. The maximum atomic E-state index is 12.3. The first-order valence-electron chi connectivity index (χ1n) is 6.77. The van der Waals surface area contributed by atoms with Crippen molar-refractivity contribution in [1.82, 2.24) is 15.6 Å². The van der Waals surface area contributed by atoms with Crippen LogP contribution in [-0.2, 0) is 13.1 Å². The molecule has 1 aromatic carbocycles. The number of rotatable bonds is 3. The predicted octanol–water partition coefficient (Wildman–Crippen LogP) is 2.18. The first kappa shape index (κ1) is 12.8. The summed E-state index contributed by atoms with van der Waals surface area (Å²) < 4.78 is 0. The number of hydrogen-bond acceptors (Lipinski definition) is 3. The summed E-state index contributed by atoms with van der Waals surface area (Å²) in [4.78, 5) is 16.3. The smallest absolute Gasteiger partial charge is 0.251 e. The number of amides is 1. The zero-order valence-electron chi connectivity index (χ0n) is 11.4. The molecule has 3 rings (SSSR count). The molecule has 0 saturated heterocycles. The molecule has 2 heterocycles. The van der Waals surface area contributed by atoms with Crippen LogP contribution in [0.25, 0.3) is 0 Å². The number of hydrogen-bond donors (Lipinski definition) is 2. The standard InChI is InChI=1S/C16H17N3O/c1-11(12-4-6-17-7-5-12)19-16(20)13-2-3-14-9-18-10-15(14)8-13/h2-8,11,18H,9-10H2,1H3,(H,19,20)/t11-/m0/s1. The Balaban J connectivity index is 1.73. The second-order valence-electron chi connectivity index (χ2n) is 5.06. The molecule has 20 heavy (non-hydrogen) atoms. The highest BCUT2D eigenvalue weighted by molar-refractivity contribution is 5.94. The van der Waals surface area contributed by atoms with E-state index in [1.54, 1.807) is 12.4 Å². The Hall–Kier alpha value is -2.20. The van der Waals surface area contributed by atoms with Gasteiger partial charge in [0.15, 0.2) is 0 Å². The van der Waals surface area contributed by atoms with Gasteiger partial charge in [0.05, 0.1) is 6.04 Å². The zero-order chi connectivity index (χ0) is 13.9. The summed E-state index contributed by atoms with van der Waals surface area (Å²) in [5, 5.41) is 6.30. The second kappa shape index (κ2) is 5.43. The summed E-state index contributed by atoms with van der Waals surface area (Å²) in [5.41, 5.74) is 4.27. The van der Waals surface area contributed by atoms with Crippen molar-refractivity contribution < 1.29 is 4.79 Å². The van der Waals surface area contributed by atoms with Crippen LogP contribution in [0.15, 0.2) is 42.7 Å². The van der Waals surface area contributed by atoms with E-state index in [0.29, 0.717) is 5.56 Å². The topological polar surface area (TPSA) is 54.0 Å². The van der Waals surface area contributed by atoms with Crippen molar-refractivity contribution in [3.8, 4) is 0 Å². The predicted molar refractivity (Wildman–Crippen MR) is 77.1 cm³/mol. The maximum absolute atomic E-state index is 12.3. The van der Waals surface area contributed by atoms with E-state index < -0.39 is 0 Å². The number of nitrogens with one attached hydrogen (secondary N) is 2. The molecule has 1 atom stereocenters. The maximum Gasteiger partial charge on any atom is 0.251 e. The highest BCUT2D eigenvalue weighted by Crippen LogP contribution is 2.18. The van der Waals surface area contributed by atoms with E-state index in [9.17, 15) is 4.79 Å². The van der Waals surface area contributed by atoms with Gasteiger partial charge in [0.2, 0.25) is 0 Å². The molecule has 0 unspecified atom stereocenters. The van der Waals surface area contributed by atoms with E-state index in [-0.39, 0.29) is 11.9 Å². The molecule has 2 aromatic rings. The second-order valence-corrected chi connectivity index (χ2v) is 5.06. The Bertz CT molecular complexity index is 625. The molecule has 0 radical (unpaired) electrons. The van der Waals surface area contributed by atoms with Gasteiger partial charge in [-0.2, -0.15) is 0 Å². The minimum atomic E-state index is -0.0380. The van der Waals surface area contributed by atoms with Crippen LogP contribution in [0.5, 0.6) is 0 Å². The molecule has 1 aliphatic heterocycles. The van der Waals surface area contributed by atoms with Crippen LogP contribution in [0.4, 0.5) is 0 Å². The molecule has 0 spiro atoms. The molecular weight excluding hydrogens is 250 g/mol. The van der Waals surface area contributed by atoms with Crippen molar-refractivity contribution in [2.45, 2.75) is 26.1 Å². The quantitative estimate of drug-likeness (QED) is 0.896. The Morgan fingerprint density at radius 1 is 1.20 bits per heavy atom. The zero-order valence-corrected chi connectivity index (χ0v) is 11.4. The average molecular weight is 267 g/mol. The molecule has 102 valence electrons. The lowest BCUT2D eigenvalue weighted by Crippen LogP contribution is -2.26. The summed E-state index contributed by atoms with van der Waals surface area (Å²) in [5.74, 6) is -0.0380. The van der Waals surface area contributed by atoms with E-state index in [2.05, 4.69) is 15.6 Å². The molecule has 1 aliphatic rings. The van der Waals surface area contributed by atoms with Crippen LogP contribution in [0, 0.1) is 0 Å². The van der Waals surface area contributed by atoms with Crippen LogP contribution in [0.2, 0.25) is 0 Å². The first-order chi connectivity index (χ1) is 9.74. The number of aromatic nitrogens is 1. The van der Waals surface area contributed by atoms with Gasteiger partial charge in [-0.25, -0.2) is 0 Å². The van der Waals surface area contributed by atoms with Crippen molar-refractivity contribution in [1.29, 1.82) is 0 Å². The van der Waals surface area contributed by atoms with Crippen LogP contribution in [0.3, 0.4) is 0 Å². The van der Waals surface area contributed by atoms with Crippen molar-refractivity contribution in [2.75, 3.05) is 0 Å². The Labute approximate surface area is 118 Å². The normalized spacial score (nSPS) is 14.7. The van der Waals surface area contributed by atoms with E-state index in [1.807, 2.05) is 37.3 Å². The van der Waals surface area contributed by atoms with E-state index in [4.69, 9.17) is 0 Å². The summed E-state index contributed by atoms with van der Waals surface area (Å²) in [6, 6.07) is 9.69. The van der Waals surface area contributed by atoms with Crippen LogP contribution in [-0.4, -0.2) is 10.9 Å². The number of nitrogens with zero attached hydrogens (tertiary/aromatic N) is 1. The van der Waals surface area contributed by atoms with Gasteiger partial charge in [-0.15, -0.1) is 0 Å². The third kappa shape index (κ3) is 2.56. The molecular formula is C16H17N3O. The molecule has 1 amide bonds. The first-order valence-corrected chi connectivity index (χ1v) is 6.77. The van der Waals surface area contributed by atoms with Gasteiger partial charge >= 0.3 is 0 Å². The number of carbonyl (C=O) groups excluding carboxylic acids is 1. The van der Waals surface area contributed by atoms with Gasteiger partial charge in [0, 0.05) is 31.0 Å². The largest absolute Gasteiger partial charge is 0.346 e. The van der Waals surface area contributed by atoms with Gasteiger partial charge in [-0.3, -0.25) is 9.78 Å². The summed E-state index contributed by atoms with van der Waals surface area (Å²) >= 11 is 0. The Morgan fingerprint density at radius 2 is 1.95 bits per heavy atom. The van der Waals surface area contributed by atoms with Crippen LogP contribution in [0.1, 0.15) is 40.0 Å². The highest BCUT2D eigenvalue weighted by Gasteiger charge is 2.15. The lowest BCUT2D eigenvalue weighted by Gasteiger charge is -2.14. The minimum absolute atomic E-state index is 0.0307. The number of benzene rings is 1. The van der Waals surface area contributed by atoms with Crippen molar-refractivity contribution in [3.05, 3.63) is 65.0 Å². The highest BCUT2D eigenvalue weighted by atomic mass is 16.1. The van der Waals surface area contributed by atoms with E-state index >= 15 is 0 Å². The minimum Gasteiger partial charge on any atom is -0.346 e. The Kier molecular flexibility index (Phi) is 3.48. The summed E-state index contributed by atoms with van der Waals surface area (Å²) in [7, 11) is 0. The van der Waals surface area contributed by atoms with Gasteiger partial charge < -0.3 is 10.6 Å². The van der Waals surface area contributed by atoms with Crippen LogP contribution < -0.4 is 10.6 Å².